The first-order valence-electron chi connectivity index (χ1n) is 15.0. The van der Waals surface area contributed by atoms with E-state index >= 15 is 0 Å². The van der Waals surface area contributed by atoms with E-state index in [1.54, 1.807) is 60.7 Å². The molecule has 0 fully saturated rings. The van der Waals surface area contributed by atoms with Crippen molar-refractivity contribution in [3.05, 3.63) is 122 Å². The van der Waals surface area contributed by atoms with Crippen LogP contribution in [0, 0.1) is 5.82 Å². The van der Waals surface area contributed by atoms with Crippen LogP contribution in [-0.4, -0.2) is 38.4 Å². The van der Waals surface area contributed by atoms with E-state index in [1.807, 2.05) is 18.2 Å². The largest absolute Gasteiger partial charge is 0.490 e. The Labute approximate surface area is 289 Å². The summed E-state index contributed by atoms with van der Waals surface area (Å²) in [6.07, 6.45) is 2.19. The van der Waals surface area contributed by atoms with Crippen LogP contribution in [-0.2, 0) is 19.1 Å². The number of ether oxygens (including phenoxy) is 4. The van der Waals surface area contributed by atoms with Crippen molar-refractivity contribution in [2.24, 2.45) is 30.7 Å². The van der Waals surface area contributed by atoms with Gasteiger partial charge in [-0.15, -0.1) is 5.11 Å². The fourth-order valence-electron chi connectivity index (χ4n) is 4.01. The van der Waals surface area contributed by atoms with Crippen molar-refractivity contribution >= 4 is 67.5 Å². The van der Waals surface area contributed by atoms with Crippen LogP contribution in [0.15, 0.2) is 147 Å². The Balaban J connectivity index is 1.11. The van der Waals surface area contributed by atoms with Gasteiger partial charge in [-0.05, 0) is 84.2 Å². The normalized spacial score (nSPS) is 11.3. The minimum absolute atomic E-state index is 0.0460. The summed E-state index contributed by atoms with van der Waals surface area (Å²) in [6, 6.07) is 25.5. The molecule has 4 aromatic carbocycles. The number of carbonyl (C=O) groups excluding carboxylic acids is 2. The summed E-state index contributed by atoms with van der Waals surface area (Å²) in [5.41, 5.74) is 2.65. The van der Waals surface area contributed by atoms with Gasteiger partial charge in [-0.3, -0.25) is 0 Å². The van der Waals surface area contributed by atoms with Crippen LogP contribution in [0.4, 0.5) is 38.5 Å². The molecule has 0 aliphatic rings. The molecule has 1 aromatic heterocycles. The molecule has 14 heteroatoms. The van der Waals surface area contributed by atoms with Gasteiger partial charge in [0.15, 0.2) is 10.9 Å². The lowest BCUT2D eigenvalue weighted by atomic mass is 10.2. The van der Waals surface area contributed by atoms with Crippen LogP contribution >= 0.6 is 11.3 Å². The van der Waals surface area contributed by atoms with Gasteiger partial charge < -0.3 is 18.9 Å². The van der Waals surface area contributed by atoms with Gasteiger partial charge >= 0.3 is 11.9 Å². The topological polar surface area (TPSA) is 145 Å². The maximum Gasteiger partial charge on any atom is 0.330 e. The van der Waals surface area contributed by atoms with E-state index in [0.29, 0.717) is 39.2 Å². The number of thiophene rings is 1. The third-order valence-corrected chi connectivity index (χ3v) is 7.45. The van der Waals surface area contributed by atoms with Crippen molar-refractivity contribution in [2.45, 2.75) is 0 Å². The number of halogens is 1. The molecule has 1 heterocycles. The highest BCUT2D eigenvalue weighted by molar-refractivity contribution is 7.20. The van der Waals surface area contributed by atoms with Crippen LogP contribution in [0.3, 0.4) is 0 Å². The number of hydrogen-bond acceptors (Lipinski definition) is 13. The molecule has 252 valence electrons. The average Bonchev–Trinajstić information content (AvgIpc) is 3.56. The van der Waals surface area contributed by atoms with Gasteiger partial charge in [-0.25, -0.2) is 14.0 Å². The molecule has 0 N–H and O–H groups in total. The number of rotatable bonds is 16. The van der Waals surface area contributed by atoms with E-state index in [-0.39, 0.29) is 32.1 Å². The maximum atomic E-state index is 14.8. The zero-order valence-electron chi connectivity index (χ0n) is 26.5. The number of fused-ring (bicyclic) bond motifs is 1. The minimum Gasteiger partial charge on any atom is -0.490 e. The van der Waals surface area contributed by atoms with E-state index in [2.05, 4.69) is 43.8 Å². The lowest BCUT2D eigenvalue weighted by Gasteiger charge is -2.06. The zero-order valence-corrected chi connectivity index (χ0v) is 27.3. The fourth-order valence-corrected chi connectivity index (χ4v) is 4.98. The van der Waals surface area contributed by atoms with E-state index in [1.165, 1.54) is 23.5 Å². The van der Waals surface area contributed by atoms with Gasteiger partial charge in [0.1, 0.15) is 37.9 Å². The first-order chi connectivity index (χ1) is 24.4. The van der Waals surface area contributed by atoms with Crippen LogP contribution in [0.5, 0.6) is 10.8 Å². The minimum atomic E-state index is -0.600. The predicted octanol–water partition coefficient (Wildman–Crippen LogP) is 10.5. The summed E-state index contributed by atoms with van der Waals surface area (Å²) in [5, 5.41) is 26.6. The summed E-state index contributed by atoms with van der Waals surface area (Å²) >= 11 is 1.42. The van der Waals surface area contributed by atoms with Crippen molar-refractivity contribution in [3.63, 3.8) is 0 Å². The van der Waals surface area contributed by atoms with Gasteiger partial charge in [-0.1, -0.05) is 30.6 Å². The SMILES string of the molecule is C=CC(=O)OCCOc1ccc(N=Nc2ccc(N=Nc3ccc(N=Nc4ccc5cc(OCCOC(=O)C=C)sc5c4)cc3F)cc2)cc1. The molecule has 0 saturated carbocycles. The molecule has 0 aliphatic heterocycles. The Bertz CT molecular complexity index is 2060. The van der Waals surface area contributed by atoms with Gasteiger partial charge in [0.05, 0.1) is 28.4 Å². The molecule has 5 rings (SSSR count). The number of benzene rings is 4. The van der Waals surface area contributed by atoms with E-state index in [9.17, 15) is 14.0 Å². The summed E-state index contributed by atoms with van der Waals surface area (Å²) in [7, 11) is 0. The van der Waals surface area contributed by atoms with Crippen LogP contribution in [0.25, 0.3) is 10.1 Å². The lowest BCUT2D eigenvalue weighted by molar-refractivity contribution is -0.139. The number of hydrogen-bond donors (Lipinski definition) is 0. The monoisotopic (exact) mass is 692 g/mol. The van der Waals surface area contributed by atoms with Crippen molar-refractivity contribution < 1.29 is 32.9 Å². The third-order valence-electron chi connectivity index (χ3n) is 6.44. The number of esters is 2. The van der Waals surface area contributed by atoms with Crippen molar-refractivity contribution in [2.75, 3.05) is 26.4 Å². The standard InChI is InChI=1S/C36H29FN6O6S/c1-3-34(44)47-18-17-46-30-14-11-27(12-15-30)39-38-25-7-9-26(10-8-25)40-43-32-16-13-28(22-31(32)37)41-42-29-6-5-24-21-36(50-33(24)23-29)49-20-19-48-35(45)4-2/h3-16,21-23H,1-2,17-20H2. The summed E-state index contributed by atoms with van der Waals surface area (Å²) < 4.78 is 36.7. The second-order valence-corrected chi connectivity index (χ2v) is 11.0. The van der Waals surface area contributed by atoms with Gasteiger partial charge in [-0.2, -0.15) is 25.6 Å². The molecule has 0 aliphatic carbocycles. The Morgan fingerprint density at radius 2 is 1.10 bits per heavy atom. The highest BCUT2D eigenvalue weighted by atomic mass is 32.1. The molecular formula is C36H29FN6O6S. The zero-order chi connectivity index (χ0) is 35.1. The molecule has 0 spiro atoms. The molecule has 0 saturated heterocycles. The number of carbonyl (C=O) groups is 2. The molecule has 0 atom stereocenters. The summed E-state index contributed by atoms with van der Waals surface area (Å²) in [4.78, 5) is 22.2. The van der Waals surface area contributed by atoms with Crippen molar-refractivity contribution in [1.29, 1.82) is 0 Å². The van der Waals surface area contributed by atoms with Crippen molar-refractivity contribution in [1.82, 2.24) is 0 Å². The Morgan fingerprint density at radius 1 is 0.600 bits per heavy atom. The quantitative estimate of drug-likeness (QED) is 0.0435. The molecule has 5 aromatic rings. The lowest BCUT2D eigenvalue weighted by Crippen LogP contribution is -2.09. The molecule has 0 radical (unpaired) electrons. The summed E-state index contributed by atoms with van der Waals surface area (Å²) in [6.45, 7) is 7.34. The first-order valence-corrected chi connectivity index (χ1v) is 15.8. The van der Waals surface area contributed by atoms with Crippen LogP contribution in [0.1, 0.15) is 0 Å². The highest BCUT2D eigenvalue weighted by Gasteiger charge is 2.07. The van der Waals surface area contributed by atoms with Crippen LogP contribution in [0.2, 0.25) is 0 Å². The Kier molecular flexibility index (Phi) is 12.3. The average molecular weight is 693 g/mol. The predicted molar refractivity (Wildman–Crippen MR) is 187 cm³/mol. The fraction of sp³-hybridized carbons (Fsp3) is 0.111. The molecule has 12 nitrogen and oxygen atoms in total. The Morgan fingerprint density at radius 3 is 1.70 bits per heavy atom. The first kappa shape index (κ1) is 34.9. The number of nitrogens with zero attached hydrogens (tertiary/aromatic N) is 6. The Hall–Kier alpha value is -6.41. The van der Waals surface area contributed by atoms with Gasteiger partial charge in [0, 0.05) is 22.9 Å². The molecule has 0 unspecified atom stereocenters. The second kappa shape index (κ2) is 17.7. The highest BCUT2D eigenvalue weighted by Crippen LogP contribution is 2.35. The third kappa shape index (κ3) is 10.6. The maximum absolute atomic E-state index is 14.8. The van der Waals surface area contributed by atoms with E-state index in [4.69, 9.17) is 18.9 Å². The van der Waals surface area contributed by atoms with Gasteiger partial charge in [0.25, 0.3) is 0 Å². The summed E-state index contributed by atoms with van der Waals surface area (Å²) in [5.74, 6) is -1.00. The van der Waals surface area contributed by atoms with E-state index in [0.717, 1.165) is 22.2 Å². The molecular weight excluding hydrogens is 663 g/mol. The van der Waals surface area contributed by atoms with E-state index < -0.39 is 17.8 Å². The van der Waals surface area contributed by atoms with Gasteiger partial charge in [0.2, 0.25) is 0 Å². The molecule has 0 amide bonds. The van der Waals surface area contributed by atoms with Crippen molar-refractivity contribution in [3.8, 4) is 10.8 Å². The molecule has 0 bridgehead atoms. The van der Waals surface area contributed by atoms with Crippen LogP contribution < -0.4 is 9.47 Å². The second-order valence-electron chi connectivity index (χ2n) is 9.97. The smallest absolute Gasteiger partial charge is 0.330 e. The number of azo groups is 3. The molecule has 50 heavy (non-hydrogen) atoms.